The van der Waals surface area contributed by atoms with Gasteiger partial charge in [0.15, 0.2) is 5.03 Å². The first-order chi connectivity index (χ1) is 9.56. The molecule has 0 amide bonds. The van der Waals surface area contributed by atoms with Gasteiger partial charge < -0.3 is 4.74 Å². The van der Waals surface area contributed by atoms with Crippen molar-refractivity contribution in [2.24, 2.45) is 0 Å². The van der Waals surface area contributed by atoms with E-state index in [4.69, 9.17) is 4.74 Å². The van der Waals surface area contributed by atoms with Crippen molar-refractivity contribution in [1.82, 2.24) is 14.9 Å². The van der Waals surface area contributed by atoms with Gasteiger partial charge >= 0.3 is 0 Å². The van der Waals surface area contributed by atoms with Crippen LogP contribution in [0.25, 0.3) is 0 Å². The van der Waals surface area contributed by atoms with Crippen molar-refractivity contribution >= 4 is 10.0 Å². The summed E-state index contributed by atoms with van der Waals surface area (Å²) in [6.45, 7) is 1.92. The molecule has 2 rings (SSSR count). The molecule has 1 heterocycles. The summed E-state index contributed by atoms with van der Waals surface area (Å²) < 4.78 is 32.1. The fourth-order valence-corrected chi connectivity index (χ4v) is 3.08. The highest BCUT2D eigenvalue weighted by molar-refractivity contribution is 7.89. The van der Waals surface area contributed by atoms with E-state index in [0.29, 0.717) is 6.42 Å². The second kappa shape index (κ2) is 6.06. The molecule has 6 nitrogen and oxygen atoms in total. The number of nitrogens with zero attached hydrogens (tertiary/aromatic N) is 1. The normalized spacial score (nSPS) is 13.1. The first kappa shape index (κ1) is 14.5. The van der Waals surface area contributed by atoms with Crippen LogP contribution in [0.15, 0.2) is 41.6 Å². The molecule has 2 aromatic rings. The summed E-state index contributed by atoms with van der Waals surface area (Å²) in [5.41, 5.74) is 0.886. The van der Waals surface area contributed by atoms with Crippen molar-refractivity contribution in [3.63, 3.8) is 0 Å². The molecule has 0 aliphatic rings. The minimum Gasteiger partial charge on any atom is -0.497 e. The Labute approximate surface area is 118 Å². The van der Waals surface area contributed by atoms with E-state index < -0.39 is 10.0 Å². The second-order valence-electron chi connectivity index (χ2n) is 4.28. The Morgan fingerprint density at radius 2 is 2.00 bits per heavy atom. The van der Waals surface area contributed by atoms with Gasteiger partial charge in [-0.2, -0.15) is 5.10 Å². The van der Waals surface area contributed by atoms with Gasteiger partial charge in [-0.05, 0) is 30.2 Å². The van der Waals surface area contributed by atoms with Gasteiger partial charge in [-0.3, -0.25) is 5.10 Å². The van der Waals surface area contributed by atoms with E-state index >= 15 is 0 Å². The molecule has 1 atom stereocenters. The number of sulfonamides is 1. The Morgan fingerprint density at radius 1 is 1.30 bits per heavy atom. The lowest BCUT2D eigenvalue weighted by molar-refractivity contribution is 0.414. The van der Waals surface area contributed by atoms with Crippen molar-refractivity contribution in [1.29, 1.82) is 0 Å². The summed E-state index contributed by atoms with van der Waals surface area (Å²) in [6, 6.07) is 8.44. The van der Waals surface area contributed by atoms with E-state index in [-0.39, 0.29) is 11.1 Å². The second-order valence-corrected chi connectivity index (χ2v) is 5.96. The predicted octanol–water partition coefficient (Wildman–Crippen LogP) is 1.85. The lowest BCUT2D eigenvalue weighted by Crippen LogP contribution is -2.28. The third kappa shape index (κ3) is 3.17. The van der Waals surface area contributed by atoms with E-state index in [1.54, 1.807) is 7.11 Å². The lowest BCUT2D eigenvalue weighted by atomic mass is 10.1. The number of benzene rings is 1. The summed E-state index contributed by atoms with van der Waals surface area (Å²) in [5, 5.41) is 6.17. The van der Waals surface area contributed by atoms with Gasteiger partial charge in [0.1, 0.15) is 5.75 Å². The highest BCUT2D eigenvalue weighted by Gasteiger charge is 2.21. The van der Waals surface area contributed by atoms with E-state index in [9.17, 15) is 8.42 Å². The molecule has 0 radical (unpaired) electrons. The van der Waals surface area contributed by atoms with E-state index in [2.05, 4.69) is 14.9 Å². The fourth-order valence-electron chi connectivity index (χ4n) is 1.87. The molecule has 0 saturated heterocycles. The number of H-pyrrole nitrogens is 1. The summed E-state index contributed by atoms with van der Waals surface area (Å²) in [5.74, 6) is 0.736. The first-order valence-corrected chi connectivity index (χ1v) is 7.71. The zero-order valence-corrected chi connectivity index (χ0v) is 12.1. The average Bonchev–Trinajstić information content (AvgIpc) is 3.00. The molecule has 2 N–H and O–H groups in total. The topological polar surface area (TPSA) is 84.1 Å². The number of aromatic amines is 1. The quantitative estimate of drug-likeness (QED) is 0.851. The van der Waals surface area contributed by atoms with Crippen LogP contribution in [0, 0.1) is 0 Å². The molecular formula is C13H17N3O3S. The van der Waals surface area contributed by atoms with Crippen LogP contribution in [0.4, 0.5) is 0 Å². The first-order valence-electron chi connectivity index (χ1n) is 6.22. The van der Waals surface area contributed by atoms with E-state index in [0.717, 1.165) is 11.3 Å². The minimum atomic E-state index is -3.59. The van der Waals surface area contributed by atoms with Crippen molar-refractivity contribution in [3.05, 3.63) is 42.1 Å². The third-order valence-corrected chi connectivity index (χ3v) is 4.39. The van der Waals surface area contributed by atoms with Crippen LogP contribution in [-0.2, 0) is 10.0 Å². The Kier molecular flexibility index (Phi) is 4.41. The van der Waals surface area contributed by atoms with Crippen LogP contribution >= 0.6 is 0 Å². The van der Waals surface area contributed by atoms with Crippen LogP contribution in [-0.4, -0.2) is 25.7 Å². The summed E-state index contributed by atoms with van der Waals surface area (Å²) in [6.07, 6.45) is 2.04. The Morgan fingerprint density at radius 3 is 2.50 bits per heavy atom. The molecule has 1 aromatic carbocycles. The van der Waals surface area contributed by atoms with Gasteiger partial charge in [-0.1, -0.05) is 19.1 Å². The lowest BCUT2D eigenvalue weighted by Gasteiger charge is -2.17. The van der Waals surface area contributed by atoms with Gasteiger partial charge in [0.25, 0.3) is 10.0 Å². The Hall–Kier alpha value is -1.86. The molecule has 0 fully saturated rings. The molecule has 0 spiro atoms. The van der Waals surface area contributed by atoms with Crippen molar-refractivity contribution in [2.75, 3.05) is 7.11 Å². The number of hydrogen-bond donors (Lipinski definition) is 2. The van der Waals surface area contributed by atoms with Crippen LogP contribution < -0.4 is 9.46 Å². The molecule has 0 aliphatic carbocycles. The fraction of sp³-hybridized carbons (Fsp3) is 0.308. The highest BCUT2D eigenvalue weighted by Crippen LogP contribution is 2.22. The van der Waals surface area contributed by atoms with Crippen LogP contribution in [0.3, 0.4) is 0 Å². The number of nitrogens with one attached hydrogen (secondary N) is 2. The van der Waals surface area contributed by atoms with Gasteiger partial charge in [0, 0.05) is 6.04 Å². The van der Waals surface area contributed by atoms with Crippen molar-refractivity contribution < 1.29 is 13.2 Å². The van der Waals surface area contributed by atoms with Gasteiger partial charge in [-0.15, -0.1) is 0 Å². The number of ether oxygens (including phenoxy) is 1. The van der Waals surface area contributed by atoms with Crippen molar-refractivity contribution in [2.45, 2.75) is 24.4 Å². The highest BCUT2D eigenvalue weighted by atomic mass is 32.2. The zero-order valence-electron chi connectivity index (χ0n) is 11.3. The molecule has 108 valence electrons. The van der Waals surface area contributed by atoms with E-state index in [1.165, 1.54) is 12.3 Å². The van der Waals surface area contributed by atoms with Crippen LogP contribution in [0.5, 0.6) is 5.75 Å². The molecule has 7 heteroatoms. The van der Waals surface area contributed by atoms with E-state index in [1.807, 2.05) is 31.2 Å². The number of hydrogen-bond acceptors (Lipinski definition) is 4. The smallest absolute Gasteiger partial charge is 0.258 e. The third-order valence-electron chi connectivity index (χ3n) is 2.99. The van der Waals surface area contributed by atoms with Gasteiger partial charge in [0.05, 0.1) is 13.3 Å². The summed E-state index contributed by atoms with van der Waals surface area (Å²) in [4.78, 5) is 0. The maximum absolute atomic E-state index is 12.2. The average molecular weight is 295 g/mol. The predicted molar refractivity (Wildman–Crippen MR) is 74.9 cm³/mol. The van der Waals surface area contributed by atoms with Crippen LogP contribution in [0.2, 0.25) is 0 Å². The molecular weight excluding hydrogens is 278 g/mol. The molecule has 20 heavy (non-hydrogen) atoms. The van der Waals surface area contributed by atoms with Crippen LogP contribution in [0.1, 0.15) is 24.9 Å². The molecule has 0 bridgehead atoms. The molecule has 0 saturated carbocycles. The Bertz CT molecular complexity index is 636. The molecule has 1 unspecified atom stereocenters. The molecule has 0 aliphatic heterocycles. The van der Waals surface area contributed by atoms with Crippen molar-refractivity contribution in [3.8, 4) is 5.75 Å². The minimum absolute atomic E-state index is 0.0597. The number of methoxy groups -OCH3 is 1. The number of aromatic nitrogens is 2. The summed E-state index contributed by atoms with van der Waals surface area (Å²) >= 11 is 0. The standard InChI is InChI=1S/C13H17N3O3S/c1-3-12(10-4-6-11(19-2)7-5-10)16-20(17,18)13-8-9-14-15-13/h4-9,12,16H,3H2,1-2H3,(H,14,15). The summed E-state index contributed by atoms with van der Waals surface area (Å²) in [7, 11) is -2.00. The number of rotatable bonds is 6. The maximum Gasteiger partial charge on any atom is 0.258 e. The zero-order chi connectivity index (χ0) is 14.6. The maximum atomic E-state index is 12.2. The monoisotopic (exact) mass is 295 g/mol. The SMILES string of the molecule is CCC(NS(=O)(=O)c1ccn[nH]1)c1ccc(OC)cc1. The van der Waals surface area contributed by atoms with Gasteiger partial charge in [-0.25, -0.2) is 13.1 Å². The largest absolute Gasteiger partial charge is 0.497 e. The van der Waals surface area contributed by atoms with Gasteiger partial charge in [0.2, 0.25) is 0 Å². The Balaban J connectivity index is 2.20. The molecule has 1 aromatic heterocycles.